The normalized spacial score (nSPS) is 18.7. The van der Waals surface area contributed by atoms with E-state index in [0.29, 0.717) is 11.8 Å². The Labute approximate surface area is 329 Å². The first-order valence-electron chi connectivity index (χ1n) is 19.7. The van der Waals surface area contributed by atoms with Crippen LogP contribution in [-0.2, 0) is 6.16 Å². The van der Waals surface area contributed by atoms with E-state index in [4.69, 9.17) is 8.39 Å². The molecule has 0 bridgehead atoms. The molecule has 1 aliphatic carbocycles. The number of allylic oxidation sites excluding steroid dienone is 1. The molecule has 0 fully saturated rings. The van der Waals surface area contributed by atoms with Crippen LogP contribution in [0.2, 0.25) is 0 Å². The SMILES string of the molecule is C[C@H](Np1oc2ccc3ccccc3c2c2c(ccc3ccccc32)o1)[C@H](c1ccccc1)P1Cc2ccc3ccccc3c2C2c3ccccc3C=CC2C1. The molecule has 0 spiro atoms. The summed E-state index contributed by atoms with van der Waals surface area (Å²) in [6, 6.07) is 60.0. The van der Waals surface area contributed by atoms with Crippen LogP contribution in [-0.4, -0.2) is 12.2 Å². The lowest BCUT2D eigenvalue weighted by molar-refractivity contribution is 0.623. The van der Waals surface area contributed by atoms with Crippen molar-refractivity contribution in [2.45, 2.75) is 30.7 Å². The van der Waals surface area contributed by atoms with Gasteiger partial charge < -0.3 is 8.39 Å². The third kappa shape index (κ3) is 5.72. The van der Waals surface area contributed by atoms with Crippen LogP contribution in [0, 0.1) is 5.92 Å². The zero-order valence-corrected chi connectivity index (χ0v) is 33.0. The third-order valence-electron chi connectivity index (χ3n) is 12.2. The van der Waals surface area contributed by atoms with Gasteiger partial charge in [0, 0.05) is 28.4 Å². The van der Waals surface area contributed by atoms with Crippen molar-refractivity contribution in [2.24, 2.45) is 5.92 Å². The van der Waals surface area contributed by atoms with Gasteiger partial charge in [0.05, 0.1) is 0 Å². The van der Waals surface area contributed by atoms with Gasteiger partial charge in [-0.2, -0.15) is 0 Å². The molecular formula is C51H41NO2P2. The Kier molecular flexibility index (Phi) is 8.43. The monoisotopic (exact) mass is 761 g/mol. The molecule has 2 heterocycles. The molecule has 0 radical (unpaired) electrons. The zero-order valence-electron chi connectivity index (χ0n) is 31.2. The average Bonchev–Trinajstić information content (AvgIpc) is 3.52. The van der Waals surface area contributed by atoms with E-state index in [1.54, 1.807) is 0 Å². The summed E-state index contributed by atoms with van der Waals surface area (Å²) in [6.07, 6.45) is 7.12. The summed E-state index contributed by atoms with van der Waals surface area (Å²) < 4.78 is 14.0. The molecule has 1 aromatic heterocycles. The molecule has 5 heteroatoms. The first kappa shape index (κ1) is 33.9. The van der Waals surface area contributed by atoms with Gasteiger partial charge in [-0.1, -0.05) is 172 Å². The summed E-state index contributed by atoms with van der Waals surface area (Å²) in [4.78, 5) is 0. The highest BCUT2D eigenvalue weighted by Gasteiger charge is 2.39. The maximum atomic E-state index is 7.02. The van der Waals surface area contributed by atoms with E-state index in [9.17, 15) is 0 Å². The first-order chi connectivity index (χ1) is 27.7. The second-order valence-electron chi connectivity index (χ2n) is 15.5. The Morgan fingerprint density at radius 3 is 1.86 bits per heavy atom. The predicted octanol–water partition coefficient (Wildman–Crippen LogP) is 14.9. The van der Waals surface area contributed by atoms with Crippen molar-refractivity contribution in [1.29, 1.82) is 0 Å². The maximum absolute atomic E-state index is 7.02. The van der Waals surface area contributed by atoms with Gasteiger partial charge in [0.25, 0.3) is 0 Å². The number of benzene rings is 8. The minimum atomic E-state index is -1.55. The molecule has 1 aliphatic heterocycles. The van der Waals surface area contributed by atoms with Gasteiger partial charge in [0.2, 0.25) is 0 Å². The standard InChI is InChI=1S/C51H41NO2P2/c1-33(52-56-53-45-29-27-36-15-7-11-21-43(36)49(45)50-44-22-12-8-16-37(44)28-30-46(50)54-56)51(38-17-3-2-4-18-38)55-31-39-25-23-34-13-5-9-19-41(34)47(39)48-40(32-55)26-24-35-14-6-10-20-42(35)48/h2-30,33,39,47,51-52H,31-32H2,1H3/t33-,39?,47?,51+,55?/m0/s1. The second-order valence-corrected chi connectivity index (χ2v) is 19.0. The largest absolute Gasteiger partial charge is 0.408 e. The second kappa shape index (κ2) is 13.9. The van der Waals surface area contributed by atoms with E-state index in [1.807, 2.05) is 0 Å². The molecule has 9 aromatic rings. The van der Waals surface area contributed by atoms with Crippen LogP contribution < -0.4 is 5.09 Å². The van der Waals surface area contributed by atoms with E-state index >= 15 is 0 Å². The average molecular weight is 762 g/mol. The summed E-state index contributed by atoms with van der Waals surface area (Å²) in [7, 11) is -2.10. The summed E-state index contributed by atoms with van der Waals surface area (Å²) in [6.45, 7) is 2.36. The fourth-order valence-corrected chi connectivity index (χ4v) is 14.6. The quantitative estimate of drug-likeness (QED) is 0.178. The van der Waals surface area contributed by atoms with Crippen LogP contribution in [0.4, 0.5) is 0 Å². The Morgan fingerprint density at radius 1 is 0.589 bits per heavy atom. The number of rotatable bonds is 5. The fourth-order valence-electron chi connectivity index (χ4n) is 9.79. The highest BCUT2D eigenvalue weighted by atomic mass is 31.1. The molecule has 3 unspecified atom stereocenters. The molecule has 1 N–H and O–H groups in total. The van der Waals surface area contributed by atoms with Crippen molar-refractivity contribution in [3.63, 3.8) is 0 Å². The van der Waals surface area contributed by atoms with Crippen LogP contribution in [0.5, 0.6) is 0 Å². The smallest absolute Gasteiger partial charge is 0.307 e. The van der Waals surface area contributed by atoms with Crippen LogP contribution in [0.25, 0.3) is 60.3 Å². The molecule has 0 saturated carbocycles. The molecule has 11 rings (SSSR count). The third-order valence-corrected chi connectivity index (χ3v) is 16.7. The first-order valence-corrected chi connectivity index (χ1v) is 22.7. The predicted molar refractivity (Wildman–Crippen MR) is 240 cm³/mol. The van der Waals surface area contributed by atoms with Crippen molar-refractivity contribution in [3.8, 4) is 0 Å². The number of hydrogen-bond donors (Lipinski definition) is 1. The van der Waals surface area contributed by atoms with Crippen LogP contribution in [0.3, 0.4) is 0 Å². The maximum Gasteiger partial charge on any atom is 0.307 e. The van der Waals surface area contributed by atoms with Gasteiger partial charge in [-0.25, -0.2) is 5.09 Å². The molecular weight excluding hydrogens is 721 g/mol. The summed E-state index contributed by atoms with van der Waals surface area (Å²) in [5.41, 5.74) is 9.18. The Bertz CT molecular complexity index is 2930. The lowest BCUT2D eigenvalue weighted by atomic mass is 9.73. The van der Waals surface area contributed by atoms with Crippen molar-refractivity contribution >= 4 is 76.4 Å². The molecule has 56 heavy (non-hydrogen) atoms. The summed E-state index contributed by atoms with van der Waals surface area (Å²) in [5, 5.41) is 13.6. The van der Waals surface area contributed by atoms with Crippen molar-refractivity contribution in [3.05, 3.63) is 198 Å². The summed E-state index contributed by atoms with van der Waals surface area (Å²) >= 11 is 0. The molecule has 5 atom stereocenters. The van der Waals surface area contributed by atoms with Crippen LogP contribution >= 0.6 is 16.1 Å². The highest BCUT2D eigenvalue weighted by molar-refractivity contribution is 7.57. The highest BCUT2D eigenvalue weighted by Crippen LogP contribution is 2.62. The lowest BCUT2D eigenvalue weighted by Crippen LogP contribution is -2.24. The van der Waals surface area contributed by atoms with Crippen LogP contribution in [0.15, 0.2) is 178 Å². The van der Waals surface area contributed by atoms with Crippen molar-refractivity contribution < 1.29 is 8.39 Å². The number of nitrogens with one attached hydrogen (secondary N) is 1. The fraction of sp³-hybridized carbons (Fsp3) is 0.137. The van der Waals surface area contributed by atoms with Crippen molar-refractivity contribution in [2.75, 3.05) is 11.2 Å². The summed E-state index contributed by atoms with van der Waals surface area (Å²) in [5.74, 6) is 0.720. The van der Waals surface area contributed by atoms with E-state index in [1.165, 1.54) is 60.1 Å². The van der Waals surface area contributed by atoms with Gasteiger partial charge in [0.15, 0.2) is 0 Å². The zero-order chi connectivity index (χ0) is 37.2. The number of fused-ring (bicyclic) bond motifs is 14. The minimum absolute atomic E-state index is 0.0702. The Balaban J connectivity index is 1.07. The van der Waals surface area contributed by atoms with Gasteiger partial charge >= 0.3 is 8.16 Å². The van der Waals surface area contributed by atoms with E-state index in [2.05, 4.69) is 188 Å². The number of hydrogen-bond acceptors (Lipinski definition) is 3. The van der Waals surface area contributed by atoms with E-state index < -0.39 is 16.1 Å². The molecule has 3 nitrogen and oxygen atoms in total. The Hall–Kier alpha value is -5.43. The minimum Gasteiger partial charge on any atom is -0.408 e. The Morgan fingerprint density at radius 2 is 1.16 bits per heavy atom. The molecule has 8 aromatic carbocycles. The lowest BCUT2D eigenvalue weighted by Gasteiger charge is -2.35. The van der Waals surface area contributed by atoms with Crippen LogP contribution in [0.1, 0.15) is 46.3 Å². The van der Waals surface area contributed by atoms with Gasteiger partial charge in [-0.3, -0.25) is 0 Å². The van der Waals surface area contributed by atoms with E-state index in [0.717, 1.165) is 34.3 Å². The van der Waals surface area contributed by atoms with E-state index in [-0.39, 0.29) is 11.7 Å². The molecule has 0 amide bonds. The molecule has 0 saturated heterocycles. The molecule has 272 valence electrons. The molecule has 2 aliphatic rings. The van der Waals surface area contributed by atoms with Gasteiger partial charge in [-0.15, -0.1) is 0 Å². The van der Waals surface area contributed by atoms with Gasteiger partial charge in [0.1, 0.15) is 11.2 Å². The van der Waals surface area contributed by atoms with Gasteiger partial charge in [-0.05, 0) is 97.4 Å². The topological polar surface area (TPSA) is 38.3 Å². The van der Waals surface area contributed by atoms with Crippen molar-refractivity contribution in [1.82, 2.24) is 0 Å².